The second kappa shape index (κ2) is 5.57. The van der Waals surface area contributed by atoms with E-state index in [1.165, 1.54) is 0 Å². The Labute approximate surface area is 127 Å². The van der Waals surface area contributed by atoms with Crippen molar-refractivity contribution in [1.82, 2.24) is 0 Å². The van der Waals surface area contributed by atoms with Gasteiger partial charge < -0.3 is 5.73 Å². The maximum absolute atomic E-state index is 13.6. The number of nitrogens with one attached hydrogen (secondary N) is 1. The summed E-state index contributed by atoms with van der Waals surface area (Å²) in [5.41, 5.74) is 4.33. The Morgan fingerprint density at radius 1 is 1.00 bits per heavy atom. The fraction of sp³-hybridized carbons (Fsp3) is 0. The molecule has 0 unspecified atom stereocenters. The van der Waals surface area contributed by atoms with E-state index < -0.39 is 33.2 Å². The highest BCUT2D eigenvalue weighted by atomic mass is 79.9. The van der Waals surface area contributed by atoms with Gasteiger partial charge in [-0.2, -0.15) is 0 Å². The first kappa shape index (κ1) is 15.6. The molecule has 0 aliphatic rings. The number of nitrogen functional groups attached to an aromatic ring is 1. The zero-order chi connectivity index (χ0) is 15.8. The van der Waals surface area contributed by atoms with Gasteiger partial charge in [-0.15, -0.1) is 0 Å². The van der Waals surface area contributed by atoms with Gasteiger partial charge in [-0.3, -0.25) is 4.72 Å². The Bertz CT molecular complexity index is 812. The van der Waals surface area contributed by atoms with Gasteiger partial charge in [-0.1, -0.05) is 0 Å². The number of hydrogen-bond donors (Lipinski definition) is 2. The minimum Gasteiger partial charge on any atom is -0.396 e. The molecule has 21 heavy (non-hydrogen) atoms. The molecule has 0 atom stereocenters. The fourth-order valence-corrected chi connectivity index (χ4v) is 2.90. The number of benzene rings is 2. The van der Waals surface area contributed by atoms with Gasteiger partial charge in [0.1, 0.15) is 17.5 Å². The van der Waals surface area contributed by atoms with Gasteiger partial charge in [-0.25, -0.2) is 21.6 Å². The van der Waals surface area contributed by atoms with Crippen LogP contribution >= 0.6 is 15.9 Å². The maximum atomic E-state index is 13.6. The van der Waals surface area contributed by atoms with Crippen LogP contribution in [-0.2, 0) is 10.0 Å². The Kier molecular flexibility index (Phi) is 4.15. The number of rotatable bonds is 3. The third kappa shape index (κ3) is 3.30. The van der Waals surface area contributed by atoms with Gasteiger partial charge in [0.15, 0.2) is 0 Å². The zero-order valence-electron chi connectivity index (χ0n) is 10.2. The SMILES string of the molecule is Nc1cc(S(=O)(=O)Nc2cc(F)c(Br)cc2F)ccc1F. The molecule has 0 aliphatic carbocycles. The molecule has 2 aromatic rings. The van der Waals surface area contributed by atoms with Crippen molar-refractivity contribution in [2.45, 2.75) is 4.90 Å². The Morgan fingerprint density at radius 2 is 1.67 bits per heavy atom. The van der Waals surface area contributed by atoms with Gasteiger partial charge in [0.05, 0.1) is 20.7 Å². The van der Waals surface area contributed by atoms with Crippen LogP contribution in [0.5, 0.6) is 0 Å². The van der Waals surface area contributed by atoms with Crippen LogP contribution in [0, 0.1) is 17.5 Å². The summed E-state index contributed by atoms with van der Waals surface area (Å²) in [4.78, 5) is -0.371. The van der Waals surface area contributed by atoms with E-state index in [0.717, 1.165) is 24.3 Å². The first-order valence-corrected chi connectivity index (χ1v) is 7.71. The lowest BCUT2D eigenvalue weighted by molar-refractivity contribution is 0.591. The molecule has 2 rings (SSSR count). The standard InChI is InChI=1S/C12H8BrF3N2O2S/c13-7-4-10(16)12(5-9(7)15)18-21(19,20)6-1-2-8(14)11(17)3-6/h1-5,18H,17H2. The molecular formula is C12H8BrF3N2O2S. The van der Waals surface area contributed by atoms with Crippen LogP contribution in [0.3, 0.4) is 0 Å². The number of sulfonamides is 1. The van der Waals surface area contributed by atoms with Crippen molar-refractivity contribution in [2.24, 2.45) is 0 Å². The molecule has 0 radical (unpaired) electrons. The lowest BCUT2D eigenvalue weighted by Crippen LogP contribution is -2.14. The molecule has 0 spiro atoms. The molecule has 0 saturated carbocycles. The molecule has 112 valence electrons. The highest BCUT2D eigenvalue weighted by molar-refractivity contribution is 9.10. The van der Waals surface area contributed by atoms with E-state index in [9.17, 15) is 21.6 Å². The minimum atomic E-state index is -4.22. The molecule has 0 fully saturated rings. The summed E-state index contributed by atoms with van der Waals surface area (Å²) >= 11 is 2.77. The quantitative estimate of drug-likeness (QED) is 0.634. The summed E-state index contributed by atoms with van der Waals surface area (Å²) in [6, 6.07) is 4.17. The second-order valence-electron chi connectivity index (χ2n) is 4.03. The summed E-state index contributed by atoms with van der Waals surface area (Å²) in [7, 11) is -4.22. The third-order valence-corrected chi connectivity index (χ3v) is 4.50. The summed E-state index contributed by atoms with van der Waals surface area (Å²) in [5, 5.41) is 0. The average molecular weight is 381 g/mol. The maximum Gasteiger partial charge on any atom is 0.262 e. The number of nitrogens with two attached hydrogens (primary N) is 1. The first-order valence-electron chi connectivity index (χ1n) is 5.43. The van der Waals surface area contributed by atoms with E-state index in [-0.39, 0.29) is 15.1 Å². The summed E-state index contributed by atoms with van der Waals surface area (Å²) in [5.74, 6) is -2.59. The monoisotopic (exact) mass is 380 g/mol. The number of anilines is 2. The Balaban J connectivity index is 2.42. The predicted molar refractivity (Wildman–Crippen MR) is 75.7 cm³/mol. The van der Waals surface area contributed by atoms with Crippen LogP contribution in [0.4, 0.5) is 24.5 Å². The van der Waals surface area contributed by atoms with Crippen LogP contribution in [0.25, 0.3) is 0 Å². The Morgan fingerprint density at radius 3 is 2.29 bits per heavy atom. The van der Waals surface area contributed by atoms with E-state index in [0.29, 0.717) is 6.07 Å². The lowest BCUT2D eigenvalue weighted by Gasteiger charge is -2.10. The van der Waals surface area contributed by atoms with Crippen molar-refractivity contribution in [1.29, 1.82) is 0 Å². The Hall–Kier alpha value is -1.74. The molecule has 0 heterocycles. The van der Waals surface area contributed by atoms with Crippen LogP contribution in [0.1, 0.15) is 0 Å². The number of hydrogen-bond acceptors (Lipinski definition) is 3. The van der Waals surface area contributed by atoms with Gasteiger partial charge in [0.25, 0.3) is 10.0 Å². The van der Waals surface area contributed by atoms with Crippen molar-refractivity contribution >= 4 is 37.3 Å². The van der Waals surface area contributed by atoms with Crippen LogP contribution < -0.4 is 10.5 Å². The van der Waals surface area contributed by atoms with Crippen molar-refractivity contribution in [3.63, 3.8) is 0 Å². The van der Waals surface area contributed by atoms with E-state index in [1.54, 1.807) is 0 Å². The normalized spacial score (nSPS) is 11.4. The molecule has 4 nitrogen and oxygen atoms in total. The lowest BCUT2D eigenvalue weighted by atomic mass is 10.3. The molecule has 0 bridgehead atoms. The summed E-state index contributed by atoms with van der Waals surface area (Å²) in [6.45, 7) is 0. The summed E-state index contributed by atoms with van der Waals surface area (Å²) < 4.78 is 65.7. The van der Waals surface area contributed by atoms with Crippen LogP contribution in [0.15, 0.2) is 39.7 Å². The van der Waals surface area contributed by atoms with E-state index in [4.69, 9.17) is 5.73 Å². The van der Waals surface area contributed by atoms with Gasteiger partial charge >= 0.3 is 0 Å². The molecule has 9 heteroatoms. The molecule has 0 amide bonds. The van der Waals surface area contributed by atoms with Crippen molar-refractivity contribution in [3.8, 4) is 0 Å². The second-order valence-corrected chi connectivity index (χ2v) is 6.57. The van der Waals surface area contributed by atoms with Gasteiger partial charge in [0.2, 0.25) is 0 Å². The summed E-state index contributed by atoms with van der Waals surface area (Å²) in [6.07, 6.45) is 0. The largest absolute Gasteiger partial charge is 0.396 e. The average Bonchev–Trinajstić information content (AvgIpc) is 2.39. The third-order valence-electron chi connectivity index (χ3n) is 2.53. The first-order chi connectivity index (χ1) is 9.70. The topological polar surface area (TPSA) is 72.2 Å². The smallest absolute Gasteiger partial charge is 0.262 e. The minimum absolute atomic E-state index is 0.144. The molecule has 0 aliphatic heterocycles. The fourth-order valence-electron chi connectivity index (χ4n) is 1.49. The van der Waals surface area contributed by atoms with E-state index >= 15 is 0 Å². The van der Waals surface area contributed by atoms with Crippen LogP contribution in [-0.4, -0.2) is 8.42 Å². The number of halogens is 4. The molecule has 3 N–H and O–H groups in total. The van der Waals surface area contributed by atoms with Gasteiger partial charge in [-0.05, 0) is 40.2 Å². The highest BCUT2D eigenvalue weighted by Crippen LogP contribution is 2.26. The van der Waals surface area contributed by atoms with Gasteiger partial charge in [0, 0.05) is 6.07 Å². The van der Waals surface area contributed by atoms with E-state index in [1.807, 2.05) is 4.72 Å². The molecular weight excluding hydrogens is 373 g/mol. The molecule has 0 aromatic heterocycles. The van der Waals surface area contributed by atoms with Crippen molar-refractivity contribution in [2.75, 3.05) is 10.5 Å². The molecule has 2 aromatic carbocycles. The van der Waals surface area contributed by atoms with Crippen LogP contribution in [0.2, 0.25) is 0 Å². The van der Waals surface area contributed by atoms with Crippen molar-refractivity contribution < 1.29 is 21.6 Å². The molecule has 0 saturated heterocycles. The highest BCUT2D eigenvalue weighted by Gasteiger charge is 2.19. The zero-order valence-corrected chi connectivity index (χ0v) is 12.6. The van der Waals surface area contributed by atoms with E-state index in [2.05, 4.69) is 15.9 Å². The predicted octanol–water partition coefficient (Wildman–Crippen LogP) is 3.25. The van der Waals surface area contributed by atoms with Crippen molar-refractivity contribution in [3.05, 3.63) is 52.3 Å².